The van der Waals surface area contributed by atoms with Crippen molar-refractivity contribution in [1.82, 2.24) is 9.97 Å². The number of imidazole rings is 1. The number of ether oxygens (including phenoxy) is 1. The molecule has 0 spiro atoms. The molecule has 0 saturated heterocycles. The van der Waals surface area contributed by atoms with Crippen molar-refractivity contribution in [3.05, 3.63) is 48.0 Å². The molecule has 0 amide bonds. The molecule has 3 N–H and O–H groups in total. The topological polar surface area (TPSA) is 63.9 Å². The second-order valence-corrected chi connectivity index (χ2v) is 4.37. The molecule has 1 heterocycles. The highest BCUT2D eigenvalue weighted by molar-refractivity contribution is 5.80. The molecule has 3 aromatic rings. The number of hydrogen-bond donors (Lipinski definition) is 2. The summed E-state index contributed by atoms with van der Waals surface area (Å²) in [5, 5.41) is 0. The first-order valence-corrected chi connectivity index (χ1v) is 6.13. The predicted molar refractivity (Wildman–Crippen MR) is 76.0 cm³/mol. The Hall–Kier alpha value is -2.33. The molecule has 0 saturated carbocycles. The number of methoxy groups -OCH3 is 1. The maximum atomic E-state index is 5.64. The third kappa shape index (κ3) is 2.18. The monoisotopic (exact) mass is 253 g/mol. The van der Waals surface area contributed by atoms with Crippen molar-refractivity contribution in [3.8, 4) is 17.1 Å². The molecule has 0 atom stereocenters. The number of nitrogens with one attached hydrogen (secondary N) is 1. The van der Waals surface area contributed by atoms with Crippen LogP contribution >= 0.6 is 0 Å². The minimum atomic E-state index is 0.535. The maximum absolute atomic E-state index is 5.64. The summed E-state index contributed by atoms with van der Waals surface area (Å²) < 4.78 is 5.15. The van der Waals surface area contributed by atoms with Crippen LogP contribution in [0.25, 0.3) is 22.4 Å². The van der Waals surface area contributed by atoms with Crippen LogP contribution in [0, 0.1) is 0 Å². The van der Waals surface area contributed by atoms with E-state index < -0.39 is 0 Å². The highest BCUT2D eigenvalue weighted by Gasteiger charge is 2.05. The lowest BCUT2D eigenvalue weighted by molar-refractivity contribution is 0.415. The molecule has 0 unspecified atom stereocenters. The molecule has 4 nitrogen and oxygen atoms in total. The largest absolute Gasteiger partial charge is 0.497 e. The minimum absolute atomic E-state index is 0.535. The molecule has 0 radical (unpaired) electrons. The van der Waals surface area contributed by atoms with E-state index in [-0.39, 0.29) is 0 Å². The van der Waals surface area contributed by atoms with Crippen LogP contribution in [0.2, 0.25) is 0 Å². The van der Waals surface area contributed by atoms with Crippen molar-refractivity contribution in [2.45, 2.75) is 6.54 Å². The molecule has 0 fully saturated rings. The summed E-state index contributed by atoms with van der Waals surface area (Å²) in [5.74, 6) is 1.69. The van der Waals surface area contributed by atoms with Crippen LogP contribution < -0.4 is 10.5 Å². The summed E-state index contributed by atoms with van der Waals surface area (Å²) >= 11 is 0. The Morgan fingerprint density at radius 3 is 2.63 bits per heavy atom. The quantitative estimate of drug-likeness (QED) is 0.754. The Labute approximate surface area is 111 Å². The number of aromatic nitrogens is 2. The molecule has 4 heteroatoms. The van der Waals surface area contributed by atoms with E-state index in [1.54, 1.807) is 7.11 Å². The summed E-state index contributed by atoms with van der Waals surface area (Å²) in [7, 11) is 1.66. The lowest BCUT2D eigenvalue weighted by atomic mass is 10.2. The molecule has 0 aliphatic rings. The van der Waals surface area contributed by atoms with E-state index in [2.05, 4.69) is 9.97 Å². The van der Waals surface area contributed by atoms with Crippen LogP contribution in [0.1, 0.15) is 5.56 Å². The van der Waals surface area contributed by atoms with Gasteiger partial charge in [-0.1, -0.05) is 6.07 Å². The Balaban J connectivity index is 2.04. The van der Waals surface area contributed by atoms with Gasteiger partial charge in [-0.3, -0.25) is 0 Å². The van der Waals surface area contributed by atoms with E-state index in [9.17, 15) is 0 Å². The zero-order chi connectivity index (χ0) is 13.2. The van der Waals surface area contributed by atoms with Crippen LogP contribution in [0.4, 0.5) is 0 Å². The number of H-pyrrole nitrogens is 1. The predicted octanol–water partition coefficient (Wildman–Crippen LogP) is 2.70. The molecular weight excluding hydrogens is 238 g/mol. The van der Waals surface area contributed by atoms with E-state index in [1.807, 2.05) is 42.5 Å². The highest BCUT2D eigenvalue weighted by Crippen LogP contribution is 2.23. The van der Waals surface area contributed by atoms with Crippen molar-refractivity contribution in [2.75, 3.05) is 7.11 Å². The number of nitrogens with zero attached hydrogens (tertiary/aromatic N) is 1. The van der Waals surface area contributed by atoms with Gasteiger partial charge >= 0.3 is 0 Å². The summed E-state index contributed by atoms with van der Waals surface area (Å²) in [6.45, 7) is 0.535. The standard InChI is InChI=1S/C15H15N3O/c1-19-12-5-3-11(4-6-12)15-17-13-7-2-10(9-16)8-14(13)18-15/h2-8H,9,16H2,1H3,(H,17,18). The molecule has 0 aliphatic heterocycles. The van der Waals surface area contributed by atoms with Gasteiger partial charge < -0.3 is 15.5 Å². The molecule has 96 valence electrons. The van der Waals surface area contributed by atoms with Crippen molar-refractivity contribution < 1.29 is 4.74 Å². The average Bonchev–Trinajstić information content (AvgIpc) is 2.90. The summed E-state index contributed by atoms with van der Waals surface area (Å²) in [6, 6.07) is 13.8. The number of rotatable bonds is 3. The zero-order valence-electron chi connectivity index (χ0n) is 10.7. The van der Waals surface area contributed by atoms with Crippen molar-refractivity contribution in [3.63, 3.8) is 0 Å². The van der Waals surface area contributed by atoms with Crippen LogP contribution in [-0.4, -0.2) is 17.1 Å². The van der Waals surface area contributed by atoms with Crippen LogP contribution in [-0.2, 0) is 6.54 Å². The van der Waals surface area contributed by atoms with Crippen LogP contribution in [0.5, 0.6) is 5.75 Å². The van der Waals surface area contributed by atoms with Crippen LogP contribution in [0.3, 0.4) is 0 Å². The first-order chi connectivity index (χ1) is 9.30. The van der Waals surface area contributed by atoms with Gasteiger partial charge in [0.1, 0.15) is 11.6 Å². The number of hydrogen-bond acceptors (Lipinski definition) is 3. The number of nitrogens with two attached hydrogens (primary N) is 1. The van der Waals surface area contributed by atoms with Gasteiger partial charge in [0.25, 0.3) is 0 Å². The minimum Gasteiger partial charge on any atom is -0.497 e. The first-order valence-electron chi connectivity index (χ1n) is 6.13. The fourth-order valence-electron chi connectivity index (χ4n) is 2.07. The molecule has 19 heavy (non-hydrogen) atoms. The first kappa shape index (κ1) is 11.7. The third-order valence-electron chi connectivity index (χ3n) is 3.15. The van der Waals surface area contributed by atoms with Crippen molar-refractivity contribution in [1.29, 1.82) is 0 Å². The SMILES string of the molecule is COc1ccc(-c2nc3ccc(CN)cc3[nH]2)cc1. The summed E-state index contributed by atoms with van der Waals surface area (Å²) in [4.78, 5) is 7.89. The second-order valence-electron chi connectivity index (χ2n) is 4.37. The van der Waals surface area contributed by atoms with Gasteiger partial charge in [0.2, 0.25) is 0 Å². The van der Waals surface area contributed by atoms with E-state index in [0.29, 0.717) is 6.54 Å². The molecule has 0 bridgehead atoms. The van der Waals surface area contributed by atoms with E-state index in [0.717, 1.165) is 33.7 Å². The summed E-state index contributed by atoms with van der Waals surface area (Å²) in [6.07, 6.45) is 0. The van der Waals surface area contributed by atoms with Gasteiger partial charge in [-0.2, -0.15) is 0 Å². The lowest BCUT2D eigenvalue weighted by Gasteiger charge is -2.00. The Kier molecular flexibility index (Phi) is 2.93. The Bertz CT molecular complexity index is 701. The average molecular weight is 253 g/mol. The lowest BCUT2D eigenvalue weighted by Crippen LogP contribution is -1.95. The number of benzene rings is 2. The Morgan fingerprint density at radius 2 is 1.95 bits per heavy atom. The molecule has 0 aliphatic carbocycles. The number of fused-ring (bicyclic) bond motifs is 1. The van der Waals surface area contributed by atoms with Gasteiger partial charge in [0.05, 0.1) is 18.1 Å². The fourth-order valence-corrected chi connectivity index (χ4v) is 2.07. The van der Waals surface area contributed by atoms with Gasteiger partial charge in [0, 0.05) is 12.1 Å². The zero-order valence-corrected chi connectivity index (χ0v) is 10.7. The van der Waals surface area contributed by atoms with Crippen molar-refractivity contribution in [2.24, 2.45) is 5.73 Å². The van der Waals surface area contributed by atoms with Crippen LogP contribution in [0.15, 0.2) is 42.5 Å². The fraction of sp³-hybridized carbons (Fsp3) is 0.133. The third-order valence-corrected chi connectivity index (χ3v) is 3.15. The molecule has 3 rings (SSSR count). The van der Waals surface area contributed by atoms with Gasteiger partial charge in [-0.25, -0.2) is 4.98 Å². The Morgan fingerprint density at radius 1 is 1.16 bits per heavy atom. The molecule has 2 aromatic carbocycles. The molecule has 1 aromatic heterocycles. The van der Waals surface area contributed by atoms with E-state index >= 15 is 0 Å². The number of aromatic amines is 1. The normalized spacial score (nSPS) is 10.8. The second kappa shape index (κ2) is 4.74. The molecular formula is C15H15N3O. The smallest absolute Gasteiger partial charge is 0.138 e. The van der Waals surface area contributed by atoms with E-state index in [4.69, 9.17) is 10.5 Å². The van der Waals surface area contributed by atoms with Crippen molar-refractivity contribution >= 4 is 11.0 Å². The van der Waals surface area contributed by atoms with E-state index in [1.165, 1.54) is 0 Å². The van der Waals surface area contributed by atoms with Gasteiger partial charge in [-0.05, 0) is 42.0 Å². The maximum Gasteiger partial charge on any atom is 0.138 e. The van der Waals surface area contributed by atoms with Gasteiger partial charge in [0.15, 0.2) is 0 Å². The summed E-state index contributed by atoms with van der Waals surface area (Å²) in [5.41, 5.74) is 9.73. The van der Waals surface area contributed by atoms with Gasteiger partial charge in [-0.15, -0.1) is 0 Å². The highest BCUT2D eigenvalue weighted by atomic mass is 16.5.